The average Bonchev–Trinajstić information content (AvgIpc) is 3.07. The smallest absolute Gasteiger partial charge is 0.268 e. The fraction of sp³-hybridized carbons (Fsp3) is 0.833. The fourth-order valence-electron chi connectivity index (χ4n) is 5.70. The third-order valence-corrected chi connectivity index (χ3v) is 10.0. The predicted molar refractivity (Wildman–Crippen MR) is 215 cm³/mol. The number of phosphoric ester groups is 1. The van der Waals surface area contributed by atoms with Crippen LogP contribution < -0.4 is 10.2 Å². The van der Waals surface area contributed by atoms with Gasteiger partial charge in [-0.15, -0.1) is 0 Å². The van der Waals surface area contributed by atoms with Crippen LogP contribution in [0.4, 0.5) is 0 Å². The van der Waals surface area contributed by atoms with Gasteiger partial charge in [-0.2, -0.15) is 0 Å². The zero-order chi connectivity index (χ0) is 37.9. The van der Waals surface area contributed by atoms with Gasteiger partial charge in [-0.1, -0.05) is 153 Å². The lowest BCUT2D eigenvalue weighted by atomic mass is 10.0. The van der Waals surface area contributed by atoms with E-state index >= 15 is 0 Å². The van der Waals surface area contributed by atoms with Crippen molar-refractivity contribution in [1.29, 1.82) is 0 Å². The van der Waals surface area contributed by atoms with Gasteiger partial charge in [0.1, 0.15) is 13.2 Å². The van der Waals surface area contributed by atoms with E-state index in [0.717, 1.165) is 64.2 Å². The Hall–Kier alpha value is -1.28. The molecular weight excluding hydrogens is 659 g/mol. The van der Waals surface area contributed by atoms with Crippen LogP contribution in [-0.4, -0.2) is 68.5 Å². The van der Waals surface area contributed by atoms with Crippen LogP contribution in [0.3, 0.4) is 0 Å². The van der Waals surface area contributed by atoms with Gasteiger partial charge < -0.3 is 28.8 Å². The largest absolute Gasteiger partial charge is 0.756 e. The monoisotopic (exact) mass is 741 g/mol. The lowest BCUT2D eigenvalue weighted by Crippen LogP contribution is -2.45. The van der Waals surface area contributed by atoms with Gasteiger partial charge in [-0.05, 0) is 51.4 Å². The van der Waals surface area contributed by atoms with Crippen molar-refractivity contribution in [1.82, 2.24) is 5.32 Å². The van der Waals surface area contributed by atoms with Gasteiger partial charge in [-0.3, -0.25) is 9.36 Å². The molecule has 0 saturated heterocycles. The Morgan fingerprint density at radius 1 is 0.667 bits per heavy atom. The summed E-state index contributed by atoms with van der Waals surface area (Å²) in [6, 6.07) is -0.904. The van der Waals surface area contributed by atoms with Crippen molar-refractivity contribution < 1.29 is 32.9 Å². The first-order valence-electron chi connectivity index (χ1n) is 20.9. The zero-order valence-corrected chi connectivity index (χ0v) is 34.7. The second-order valence-corrected chi connectivity index (χ2v) is 16.7. The Labute approximate surface area is 315 Å². The Kier molecular flexibility index (Phi) is 33.6. The predicted octanol–water partition coefficient (Wildman–Crippen LogP) is 10.5. The average molecular weight is 741 g/mol. The van der Waals surface area contributed by atoms with Gasteiger partial charge in [0.15, 0.2) is 0 Å². The number of hydrogen-bond acceptors (Lipinski definition) is 6. The van der Waals surface area contributed by atoms with Gasteiger partial charge >= 0.3 is 0 Å². The first-order valence-corrected chi connectivity index (χ1v) is 22.3. The molecule has 0 aromatic carbocycles. The number of carbonyl (C=O) groups excluding carboxylic acids is 1. The van der Waals surface area contributed by atoms with Crippen molar-refractivity contribution in [3.63, 3.8) is 0 Å². The van der Waals surface area contributed by atoms with E-state index in [9.17, 15) is 19.4 Å². The quantitative estimate of drug-likeness (QED) is 0.0284. The highest BCUT2D eigenvalue weighted by Gasteiger charge is 2.23. The molecule has 0 bridgehead atoms. The van der Waals surface area contributed by atoms with Crippen LogP contribution in [0.5, 0.6) is 0 Å². The number of nitrogens with zero attached hydrogens (tertiary/aromatic N) is 1. The minimum absolute atomic E-state index is 0.00827. The van der Waals surface area contributed by atoms with E-state index in [1.54, 1.807) is 6.08 Å². The fourth-order valence-corrected chi connectivity index (χ4v) is 6.42. The molecule has 3 unspecified atom stereocenters. The molecule has 0 aliphatic carbocycles. The molecule has 0 aromatic heterocycles. The summed E-state index contributed by atoms with van der Waals surface area (Å²) in [6.45, 7) is 4.54. The molecule has 9 heteroatoms. The molecule has 2 N–H and O–H groups in total. The lowest BCUT2D eigenvalue weighted by Gasteiger charge is -2.29. The molecule has 0 fully saturated rings. The topological polar surface area (TPSA) is 108 Å². The number of rotatable bonds is 37. The molecule has 0 aromatic rings. The molecule has 0 spiro atoms. The SMILES string of the molecule is CCC/C=C\CCCCCCCC(=O)NC(COP(=O)([O-])OCC[N+](C)(C)C)C(O)/C=C/CC/C=C/CCCCCCCCCCCCCCC. The molecule has 0 radical (unpaired) electrons. The number of aliphatic hydroxyl groups excluding tert-OH is 1. The zero-order valence-electron chi connectivity index (χ0n) is 33.8. The van der Waals surface area contributed by atoms with Crippen molar-refractivity contribution in [2.24, 2.45) is 0 Å². The van der Waals surface area contributed by atoms with E-state index in [0.29, 0.717) is 17.4 Å². The number of nitrogens with one attached hydrogen (secondary N) is 1. The number of phosphoric acid groups is 1. The lowest BCUT2D eigenvalue weighted by molar-refractivity contribution is -0.870. The summed E-state index contributed by atoms with van der Waals surface area (Å²) < 4.78 is 23.1. The molecule has 3 atom stereocenters. The van der Waals surface area contributed by atoms with Crippen molar-refractivity contribution in [3.8, 4) is 0 Å². The van der Waals surface area contributed by atoms with Crippen molar-refractivity contribution >= 4 is 13.7 Å². The van der Waals surface area contributed by atoms with Crippen LogP contribution in [0.2, 0.25) is 0 Å². The molecule has 51 heavy (non-hydrogen) atoms. The number of likely N-dealkylation sites (N-methyl/N-ethyl adjacent to an activating group) is 1. The second-order valence-electron chi connectivity index (χ2n) is 15.3. The number of aliphatic hydroxyl groups is 1. The number of quaternary nitrogens is 1. The number of allylic oxidation sites excluding steroid dienone is 5. The van der Waals surface area contributed by atoms with E-state index in [2.05, 4.69) is 43.5 Å². The molecule has 8 nitrogen and oxygen atoms in total. The van der Waals surface area contributed by atoms with E-state index in [4.69, 9.17) is 9.05 Å². The summed E-state index contributed by atoms with van der Waals surface area (Å²) in [4.78, 5) is 25.1. The first kappa shape index (κ1) is 49.7. The third kappa shape index (κ3) is 36.9. The Morgan fingerprint density at radius 3 is 1.67 bits per heavy atom. The highest BCUT2D eigenvalue weighted by molar-refractivity contribution is 7.45. The molecular formula is C42H81N2O6P. The van der Waals surface area contributed by atoms with Crippen LogP contribution in [0.1, 0.15) is 174 Å². The standard InChI is InChI=1S/C42H81N2O6P/c1-6-8-10-12-14-16-18-19-20-21-22-23-24-25-26-27-29-31-33-35-41(45)40(39-50-51(47,48)49-38-37-44(3,4)5)43-42(46)36-34-32-30-28-17-15-13-11-9-7-2/h11,13,26-27,33,35,40-41,45H,6-10,12,14-25,28-32,34,36-39H2,1-5H3,(H-,43,46,47,48)/b13-11-,27-26+,35-33+. The van der Waals surface area contributed by atoms with Crippen LogP contribution >= 0.6 is 7.82 Å². The van der Waals surface area contributed by atoms with E-state index in [1.165, 1.54) is 89.9 Å². The van der Waals surface area contributed by atoms with Gasteiger partial charge in [0.25, 0.3) is 7.82 Å². The summed E-state index contributed by atoms with van der Waals surface area (Å²) in [5.41, 5.74) is 0. The maximum Gasteiger partial charge on any atom is 0.268 e. The van der Waals surface area contributed by atoms with Crippen LogP contribution in [0, 0.1) is 0 Å². The highest BCUT2D eigenvalue weighted by atomic mass is 31.2. The number of amides is 1. The third-order valence-electron chi connectivity index (χ3n) is 9.05. The van der Waals surface area contributed by atoms with Gasteiger partial charge in [0.2, 0.25) is 5.91 Å². The minimum Gasteiger partial charge on any atom is -0.756 e. The molecule has 0 rings (SSSR count). The maximum atomic E-state index is 12.7. The molecule has 300 valence electrons. The number of hydrogen-bond donors (Lipinski definition) is 2. The van der Waals surface area contributed by atoms with Crippen molar-refractivity contribution in [2.45, 2.75) is 187 Å². The molecule has 0 saturated carbocycles. The molecule has 0 heterocycles. The highest BCUT2D eigenvalue weighted by Crippen LogP contribution is 2.38. The summed E-state index contributed by atoms with van der Waals surface area (Å²) >= 11 is 0. The summed E-state index contributed by atoms with van der Waals surface area (Å²) in [5.74, 6) is -0.221. The van der Waals surface area contributed by atoms with Crippen LogP contribution in [0.25, 0.3) is 0 Å². The van der Waals surface area contributed by atoms with Gasteiger partial charge in [0.05, 0.1) is 39.9 Å². The van der Waals surface area contributed by atoms with Crippen LogP contribution in [0.15, 0.2) is 36.5 Å². The summed E-state index contributed by atoms with van der Waals surface area (Å²) in [5, 5.41) is 13.7. The Bertz CT molecular complexity index is 933. The van der Waals surface area contributed by atoms with Gasteiger partial charge in [-0.25, -0.2) is 0 Å². The van der Waals surface area contributed by atoms with E-state index < -0.39 is 26.6 Å². The minimum atomic E-state index is -4.59. The molecule has 0 aliphatic rings. The summed E-state index contributed by atoms with van der Waals surface area (Å²) in [6.07, 6.45) is 40.6. The van der Waals surface area contributed by atoms with E-state index in [1.807, 2.05) is 27.2 Å². The number of unbranched alkanes of at least 4 members (excludes halogenated alkanes) is 20. The second kappa shape index (κ2) is 34.5. The number of carbonyl (C=O) groups is 1. The Morgan fingerprint density at radius 2 is 1.14 bits per heavy atom. The molecule has 0 aliphatic heterocycles. The summed E-state index contributed by atoms with van der Waals surface area (Å²) in [7, 11) is 1.23. The Balaban J connectivity index is 4.48. The van der Waals surface area contributed by atoms with Gasteiger partial charge in [0, 0.05) is 6.42 Å². The van der Waals surface area contributed by atoms with E-state index in [-0.39, 0.29) is 12.5 Å². The van der Waals surface area contributed by atoms with Crippen LogP contribution in [-0.2, 0) is 18.4 Å². The maximum absolute atomic E-state index is 12.7. The first-order chi connectivity index (χ1) is 24.5. The normalized spacial score (nSPS) is 14.9. The van der Waals surface area contributed by atoms with Crippen molar-refractivity contribution in [2.75, 3.05) is 40.9 Å². The molecule has 1 amide bonds. The van der Waals surface area contributed by atoms with Crippen molar-refractivity contribution in [3.05, 3.63) is 36.5 Å².